The Labute approximate surface area is 125 Å². The molecule has 3 N–H and O–H groups in total. The van der Waals surface area contributed by atoms with E-state index >= 15 is 0 Å². The highest BCUT2D eigenvalue weighted by Gasteiger charge is 2.29. The molecule has 1 heterocycles. The third-order valence-corrected chi connectivity index (χ3v) is 4.55. The van der Waals surface area contributed by atoms with E-state index in [1.54, 1.807) is 12.1 Å². The molecule has 3 unspecified atom stereocenters. The minimum Gasteiger partial charge on any atom is -0.324 e. The molecule has 0 aliphatic carbocycles. The SMILES string of the molecule is CC1CC(C)C(C)N(Cc2cc([N+](=O)[O-])ccc2NN)C1. The average molecular weight is 292 g/mol. The van der Waals surface area contributed by atoms with Crippen molar-refractivity contribution < 1.29 is 4.92 Å². The van der Waals surface area contributed by atoms with E-state index in [-0.39, 0.29) is 10.6 Å². The van der Waals surface area contributed by atoms with Crippen molar-refractivity contribution in [3.63, 3.8) is 0 Å². The molecule has 116 valence electrons. The first-order valence-corrected chi connectivity index (χ1v) is 7.40. The number of anilines is 1. The molecule has 0 amide bonds. The number of nitrogens with one attached hydrogen (secondary N) is 1. The standard InChI is InChI=1S/C15H24N4O2/c1-10-6-11(2)12(3)18(8-10)9-13-7-14(19(20)21)4-5-15(13)17-16/h4-5,7,10-12,17H,6,8-9,16H2,1-3H3. The predicted octanol–water partition coefficient (Wildman–Crippen LogP) is 2.75. The van der Waals surface area contributed by atoms with Gasteiger partial charge in [-0.1, -0.05) is 13.8 Å². The van der Waals surface area contributed by atoms with Crippen LogP contribution in [0.5, 0.6) is 0 Å². The number of nitrogens with two attached hydrogens (primary N) is 1. The van der Waals surface area contributed by atoms with Gasteiger partial charge in [-0.25, -0.2) is 0 Å². The molecular weight excluding hydrogens is 268 g/mol. The van der Waals surface area contributed by atoms with Crippen molar-refractivity contribution in [3.05, 3.63) is 33.9 Å². The summed E-state index contributed by atoms with van der Waals surface area (Å²) in [5, 5.41) is 11.0. The molecule has 6 nitrogen and oxygen atoms in total. The maximum atomic E-state index is 11.0. The summed E-state index contributed by atoms with van der Waals surface area (Å²) in [5.74, 6) is 6.80. The summed E-state index contributed by atoms with van der Waals surface area (Å²) >= 11 is 0. The van der Waals surface area contributed by atoms with Crippen molar-refractivity contribution in [3.8, 4) is 0 Å². The quantitative estimate of drug-likeness (QED) is 0.506. The highest BCUT2D eigenvalue weighted by Crippen LogP contribution is 2.30. The van der Waals surface area contributed by atoms with Crippen molar-refractivity contribution in [2.75, 3.05) is 12.0 Å². The fraction of sp³-hybridized carbons (Fsp3) is 0.600. The van der Waals surface area contributed by atoms with Gasteiger partial charge in [0, 0.05) is 31.3 Å². The first-order valence-electron chi connectivity index (χ1n) is 7.40. The molecule has 1 aliphatic rings. The normalized spacial score (nSPS) is 26.6. The zero-order valence-corrected chi connectivity index (χ0v) is 12.9. The molecule has 0 bridgehead atoms. The number of hydrogen-bond donors (Lipinski definition) is 2. The topological polar surface area (TPSA) is 84.4 Å². The number of hydrogen-bond acceptors (Lipinski definition) is 5. The van der Waals surface area contributed by atoms with E-state index in [9.17, 15) is 10.1 Å². The van der Waals surface area contributed by atoms with E-state index in [1.807, 2.05) is 0 Å². The second kappa shape index (κ2) is 6.41. The number of nitro groups is 1. The monoisotopic (exact) mass is 292 g/mol. The van der Waals surface area contributed by atoms with Crippen LogP contribution in [0.15, 0.2) is 18.2 Å². The van der Waals surface area contributed by atoms with Crippen LogP contribution in [0.4, 0.5) is 11.4 Å². The third kappa shape index (κ3) is 3.51. The van der Waals surface area contributed by atoms with Crippen LogP contribution in [0.2, 0.25) is 0 Å². The van der Waals surface area contributed by atoms with Crippen LogP contribution in [0, 0.1) is 22.0 Å². The van der Waals surface area contributed by atoms with Crippen LogP contribution >= 0.6 is 0 Å². The largest absolute Gasteiger partial charge is 0.324 e. The van der Waals surface area contributed by atoms with Crippen LogP contribution < -0.4 is 11.3 Å². The van der Waals surface area contributed by atoms with Crippen LogP contribution in [0.3, 0.4) is 0 Å². The number of non-ortho nitro benzene ring substituents is 1. The second-order valence-electron chi connectivity index (χ2n) is 6.23. The number of rotatable bonds is 4. The molecule has 0 saturated carbocycles. The average Bonchev–Trinajstić information content (AvgIpc) is 2.44. The fourth-order valence-electron chi connectivity index (χ4n) is 3.23. The van der Waals surface area contributed by atoms with Crippen molar-refractivity contribution in [1.29, 1.82) is 0 Å². The summed E-state index contributed by atoms with van der Waals surface area (Å²) in [6, 6.07) is 5.23. The molecule has 3 atom stereocenters. The van der Waals surface area contributed by atoms with E-state index in [1.165, 1.54) is 12.5 Å². The molecule has 2 rings (SSSR count). The molecule has 1 aromatic rings. The Morgan fingerprint density at radius 3 is 2.76 bits per heavy atom. The first-order chi connectivity index (χ1) is 9.92. The Balaban J connectivity index is 2.24. The fourth-order valence-corrected chi connectivity index (χ4v) is 3.23. The van der Waals surface area contributed by atoms with Crippen molar-refractivity contribution >= 4 is 11.4 Å². The number of nitrogens with zero attached hydrogens (tertiary/aromatic N) is 2. The van der Waals surface area contributed by atoms with Gasteiger partial charge in [0.15, 0.2) is 0 Å². The lowest BCUT2D eigenvalue weighted by Crippen LogP contribution is -2.45. The molecule has 1 aliphatic heterocycles. The van der Waals surface area contributed by atoms with E-state index in [0.29, 0.717) is 24.4 Å². The summed E-state index contributed by atoms with van der Waals surface area (Å²) < 4.78 is 0. The Hall–Kier alpha value is -1.66. The summed E-state index contributed by atoms with van der Waals surface area (Å²) in [6.45, 7) is 8.44. The molecular formula is C15H24N4O2. The van der Waals surface area contributed by atoms with Crippen LogP contribution in [-0.4, -0.2) is 22.4 Å². The van der Waals surface area contributed by atoms with Gasteiger partial charge >= 0.3 is 0 Å². The second-order valence-corrected chi connectivity index (χ2v) is 6.23. The Kier molecular flexibility index (Phi) is 4.80. The van der Waals surface area contributed by atoms with Crippen molar-refractivity contribution in [2.45, 2.75) is 39.8 Å². The highest BCUT2D eigenvalue weighted by atomic mass is 16.6. The van der Waals surface area contributed by atoms with Crippen LogP contribution in [0.1, 0.15) is 32.8 Å². The van der Waals surface area contributed by atoms with Gasteiger partial charge in [0.05, 0.1) is 10.6 Å². The molecule has 0 radical (unpaired) electrons. The zero-order valence-electron chi connectivity index (χ0n) is 12.9. The van der Waals surface area contributed by atoms with Gasteiger partial charge in [-0.05, 0) is 36.8 Å². The number of piperidine rings is 1. The van der Waals surface area contributed by atoms with Gasteiger partial charge in [-0.15, -0.1) is 0 Å². The Morgan fingerprint density at radius 2 is 2.14 bits per heavy atom. The lowest BCUT2D eigenvalue weighted by atomic mass is 9.85. The summed E-state index contributed by atoms with van der Waals surface area (Å²) in [5.41, 5.74) is 4.37. The number of hydrazine groups is 1. The highest BCUT2D eigenvalue weighted by molar-refractivity contribution is 5.55. The van der Waals surface area contributed by atoms with Gasteiger partial charge < -0.3 is 5.43 Å². The van der Waals surface area contributed by atoms with Crippen molar-refractivity contribution in [1.82, 2.24) is 4.90 Å². The minimum atomic E-state index is -0.366. The van der Waals surface area contributed by atoms with Crippen molar-refractivity contribution in [2.24, 2.45) is 17.7 Å². The Morgan fingerprint density at radius 1 is 1.43 bits per heavy atom. The number of nitrogen functional groups attached to an aromatic ring is 1. The van der Waals surface area contributed by atoms with Gasteiger partial charge in [0.1, 0.15) is 0 Å². The third-order valence-electron chi connectivity index (χ3n) is 4.55. The predicted molar refractivity (Wildman–Crippen MR) is 83.7 cm³/mol. The lowest BCUT2D eigenvalue weighted by Gasteiger charge is -2.41. The number of nitro benzene ring substituents is 1. The van der Waals surface area contributed by atoms with E-state index in [2.05, 4.69) is 31.1 Å². The van der Waals surface area contributed by atoms with Gasteiger partial charge in [0.2, 0.25) is 0 Å². The zero-order chi connectivity index (χ0) is 15.6. The molecule has 1 saturated heterocycles. The van der Waals surface area contributed by atoms with Gasteiger partial charge in [-0.3, -0.25) is 20.9 Å². The van der Waals surface area contributed by atoms with E-state index in [0.717, 1.165) is 17.8 Å². The summed E-state index contributed by atoms with van der Waals surface area (Å²) in [4.78, 5) is 13.0. The first kappa shape index (κ1) is 15.7. The lowest BCUT2D eigenvalue weighted by molar-refractivity contribution is -0.384. The minimum absolute atomic E-state index is 0.106. The summed E-state index contributed by atoms with van der Waals surface area (Å²) in [6.07, 6.45) is 1.23. The molecule has 21 heavy (non-hydrogen) atoms. The molecule has 6 heteroatoms. The van der Waals surface area contributed by atoms with Gasteiger partial charge in [-0.2, -0.15) is 0 Å². The van der Waals surface area contributed by atoms with Crippen LogP contribution in [-0.2, 0) is 6.54 Å². The number of benzene rings is 1. The molecule has 0 aromatic heterocycles. The number of likely N-dealkylation sites (tertiary alicyclic amines) is 1. The van der Waals surface area contributed by atoms with E-state index < -0.39 is 0 Å². The summed E-state index contributed by atoms with van der Waals surface area (Å²) in [7, 11) is 0. The maximum absolute atomic E-state index is 11.0. The van der Waals surface area contributed by atoms with Crippen LogP contribution in [0.25, 0.3) is 0 Å². The molecule has 0 spiro atoms. The Bertz CT molecular complexity index is 520. The molecule has 1 aromatic carbocycles. The molecule has 1 fully saturated rings. The van der Waals surface area contributed by atoms with E-state index in [4.69, 9.17) is 5.84 Å². The van der Waals surface area contributed by atoms with Gasteiger partial charge in [0.25, 0.3) is 5.69 Å². The maximum Gasteiger partial charge on any atom is 0.269 e. The smallest absolute Gasteiger partial charge is 0.269 e.